The number of terminal acetylenes is 1. The summed E-state index contributed by atoms with van der Waals surface area (Å²) < 4.78 is 5.79. The zero-order valence-electron chi connectivity index (χ0n) is 15.3. The van der Waals surface area contributed by atoms with Crippen molar-refractivity contribution in [2.45, 2.75) is 70.8 Å². The normalized spacial score (nSPS) is 45.5. The van der Waals surface area contributed by atoms with Gasteiger partial charge in [0.2, 0.25) is 0 Å². The first kappa shape index (κ1) is 16.9. The van der Waals surface area contributed by atoms with E-state index in [4.69, 9.17) is 11.2 Å². The number of fused-ring (bicyclic) bond motifs is 5. The molecule has 0 heterocycles. The van der Waals surface area contributed by atoms with E-state index in [1.54, 1.807) is 0 Å². The molecule has 0 bridgehead atoms. The van der Waals surface area contributed by atoms with Crippen molar-refractivity contribution in [1.82, 2.24) is 0 Å². The highest BCUT2D eigenvalue weighted by Crippen LogP contribution is 2.65. The van der Waals surface area contributed by atoms with Gasteiger partial charge in [0.15, 0.2) is 11.4 Å². The van der Waals surface area contributed by atoms with Crippen LogP contribution in [0.25, 0.3) is 0 Å². The summed E-state index contributed by atoms with van der Waals surface area (Å²) >= 11 is 0. The third kappa shape index (κ3) is 2.33. The number of hydrogen-bond donors (Lipinski definition) is 0. The van der Waals surface area contributed by atoms with Crippen molar-refractivity contribution in [3.8, 4) is 12.3 Å². The number of esters is 1. The van der Waals surface area contributed by atoms with E-state index < -0.39 is 5.60 Å². The van der Waals surface area contributed by atoms with E-state index >= 15 is 0 Å². The molecule has 4 rings (SSSR count). The summed E-state index contributed by atoms with van der Waals surface area (Å²) in [4.78, 5) is 23.5. The number of carbonyl (C=O) groups excluding carboxylic acids is 2. The van der Waals surface area contributed by atoms with Crippen LogP contribution in [0, 0.1) is 41.4 Å². The molecule has 3 heteroatoms. The zero-order chi connectivity index (χ0) is 17.8. The lowest BCUT2D eigenvalue weighted by molar-refractivity contribution is -0.167. The molecule has 0 aliphatic heterocycles. The first-order valence-electron chi connectivity index (χ1n) is 9.81. The van der Waals surface area contributed by atoms with Gasteiger partial charge < -0.3 is 4.74 Å². The second-order valence-electron chi connectivity index (χ2n) is 8.86. The van der Waals surface area contributed by atoms with Gasteiger partial charge in [-0.2, -0.15) is 0 Å². The molecule has 0 saturated heterocycles. The summed E-state index contributed by atoms with van der Waals surface area (Å²) in [5, 5.41) is 0. The van der Waals surface area contributed by atoms with Gasteiger partial charge in [-0.25, -0.2) is 0 Å². The lowest BCUT2D eigenvalue weighted by atomic mass is 9.50. The van der Waals surface area contributed by atoms with E-state index in [9.17, 15) is 9.59 Å². The van der Waals surface area contributed by atoms with Crippen LogP contribution in [0.15, 0.2) is 11.6 Å². The summed E-state index contributed by atoms with van der Waals surface area (Å²) in [5.74, 6) is 5.41. The molecular weight excluding hydrogens is 312 g/mol. The Labute approximate surface area is 150 Å². The fraction of sp³-hybridized carbons (Fsp3) is 0.727. The first-order chi connectivity index (χ1) is 11.9. The average molecular weight is 340 g/mol. The van der Waals surface area contributed by atoms with Crippen molar-refractivity contribution in [3.63, 3.8) is 0 Å². The molecule has 0 unspecified atom stereocenters. The molecule has 4 aliphatic carbocycles. The molecule has 0 N–H and O–H groups in total. The van der Waals surface area contributed by atoms with E-state index in [1.165, 1.54) is 12.5 Å². The predicted octanol–water partition coefficient (Wildman–Crippen LogP) is 4.06. The molecule has 0 amide bonds. The highest BCUT2D eigenvalue weighted by molar-refractivity contribution is 5.91. The number of ketones is 1. The Hall–Kier alpha value is -1.56. The summed E-state index contributed by atoms with van der Waals surface area (Å²) in [6.45, 7) is 3.73. The molecule has 4 aliphatic rings. The SMILES string of the molecule is C#C[C@]1(OC(C)=O)CC[C@@H]2[C@H]3CCC4=CC(=O)CC[C@@H]4[C@@H]3CC[C@]21C. The Balaban J connectivity index is 1.64. The maximum absolute atomic E-state index is 11.8. The number of ether oxygens (including phenoxy) is 1. The van der Waals surface area contributed by atoms with Crippen LogP contribution in [-0.4, -0.2) is 17.4 Å². The molecule has 0 aromatic carbocycles. The number of allylic oxidation sites excluding steroid dienone is 1. The fourth-order valence-corrected chi connectivity index (χ4v) is 6.86. The molecule has 6 atom stereocenters. The maximum atomic E-state index is 11.8. The van der Waals surface area contributed by atoms with Crippen molar-refractivity contribution in [2.75, 3.05) is 0 Å². The molecule has 0 radical (unpaired) electrons. The summed E-state index contributed by atoms with van der Waals surface area (Å²) in [7, 11) is 0. The standard InChI is InChI=1S/C22H28O3/c1-4-22(25-14(2)23)12-10-20-19-7-5-15-13-16(24)6-8-17(15)18(19)9-11-21(20,22)3/h1,13,17-20H,5-12H2,2-3H3/t17-,18-,19-,20+,21+,22-/m0/s1. The van der Waals surface area contributed by atoms with E-state index in [-0.39, 0.29) is 11.4 Å². The van der Waals surface area contributed by atoms with Crippen molar-refractivity contribution < 1.29 is 14.3 Å². The van der Waals surface area contributed by atoms with Crippen LogP contribution in [0.4, 0.5) is 0 Å². The Kier molecular flexibility index (Phi) is 3.87. The van der Waals surface area contributed by atoms with Crippen molar-refractivity contribution in [1.29, 1.82) is 0 Å². The average Bonchev–Trinajstić information content (AvgIpc) is 2.87. The minimum absolute atomic E-state index is 0.111. The minimum atomic E-state index is -0.729. The van der Waals surface area contributed by atoms with Gasteiger partial charge in [0, 0.05) is 18.8 Å². The molecule has 0 aromatic rings. The van der Waals surface area contributed by atoms with Crippen LogP contribution in [0.3, 0.4) is 0 Å². The third-order valence-electron chi connectivity index (χ3n) is 7.97. The maximum Gasteiger partial charge on any atom is 0.304 e. The van der Waals surface area contributed by atoms with Gasteiger partial charge in [0.1, 0.15) is 0 Å². The zero-order valence-corrected chi connectivity index (χ0v) is 15.3. The second-order valence-corrected chi connectivity index (χ2v) is 8.86. The number of carbonyl (C=O) groups is 2. The van der Waals surface area contributed by atoms with Gasteiger partial charge in [-0.1, -0.05) is 18.4 Å². The van der Waals surface area contributed by atoms with Crippen LogP contribution in [0.1, 0.15) is 65.2 Å². The van der Waals surface area contributed by atoms with Crippen LogP contribution in [-0.2, 0) is 14.3 Å². The van der Waals surface area contributed by atoms with E-state index in [1.807, 2.05) is 6.08 Å². The number of rotatable bonds is 1. The largest absolute Gasteiger partial charge is 0.445 e. The summed E-state index contributed by atoms with van der Waals surface area (Å²) in [6.07, 6.45) is 15.8. The highest BCUT2D eigenvalue weighted by Gasteiger charge is 2.64. The monoisotopic (exact) mass is 340 g/mol. The second kappa shape index (κ2) is 5.73. The van der Waals surface area contributed by atoms with Gasteiger partial charge >= 0.3 is 5.97 Å². The van der Waals surface area contributed by atoms with Crippen LogP contribution in [0.2, 0.25) is 0 Å². The van der Waals surface area contributed by atoms with Gasteiger partial charge in [-0.3, -0.25) is 9.59 Å². The molecule has 0 aromatic heterocycles. The van der Waals surface area contributed by atoms with Crippen molar-refractivity contribution in [2.24, 2.45) is 29.1 Å². The van der Waals surface area contributed by atoms with Crippen LogP contribution >= 0.6 is 0 Å². The number of hydrogen-bond acceptors (Lipinski definition) is 3. The minimum Gasteiger partial charge on any atom is -0.445 e. The predicted molar refractivity (Wildman–Crippen MR) is 95.4 cm³/mol. The fourth-order valence-electron chi connectivity index (χ4n) is 6.86. The topological polar surface area (TPSA) is 43.4 Å². The van der Waals surface area contributed by atoms with Crippen LogP contribution < -0.4 is 0 Å². The van der Waals surface area contributed by atoms with E-state index in [2.05, 4.69) is 12.8 Å². The van der Waals surface area contributed by atoms with Gasteiger partial charge in [-0.05, 0) is 74.7 Å². The first-order valence-corrected chi connectivity index (χ1v) is 9.81. The Morgan fingerprint density at radius 1 is 1.20 bits per heavy atom. The molecule has 134 valence electrons. The molecule has 25 heavy (non-hydrogen) atoms. The smallest absolute Gasteiger partial charge is 0.304 e. The molecule has 3 saturated carbocycles. The van der Waals surface area contributed by atoms with Gasteiger partial charge in [0.25, 0.3) is 0 Å². The highest BCUT2D eigenvalue weighted by atomic mass is 16.6. The van der Waals surface area contributed by atoms with Crippen molar-refractivity contribution in [3.05, 3.63) is 11.6 Å². The lowest BCUT2D eigenvalue weighted by Gasteiger charge is -2.55. The van der Waals surface area contributed by atoms with Gasteiger partial charge in [-0.15, -0.1) is 6.42 Å². The Morgan fingerprint density at radius 2 is 2.00 bits per heavy atom. The van der Waals surface area contributed by atoms with E-state index in [0.29, 0.717) is 35.9 Å². The molecule has 3 fully saturated rings. The Bertz CT molecular complexity index is 684. The summed E-state index contributed by atoms with van der Waals surface area (Å²) in [6, 6.07) is 0. The van der Waals surface area contributed by atoms with Crippen LogP contribution in [0.5, 0.6) is 0 Å². The van der Waals surface area contributed by atoms with E-state index in [0.717, 1.165) is 44.9 Å². The summed E-state index contributed by atoms with van der Waals surface area (Å²) in [5.41, 5.74) is 0.565. The molecule has 0 spiro atoms. The Morgan fingerprint density at radius 3 is 2.72 bits per heavy atom. The molecular formula is C22H28O3. The third-order valence-corrected chi connectivity index (χ3v) is 7.97. The molecule has 3 nitrogen and oxygen atoms in total. The van der Waals surface area contributed by atoms with Crippen molar-refractivity contribution >= 4 is 11.8 Å². The van der Waals surface area contributed by atoms with Gasteiger partial charge in [0.05, 0.1) is 0 Å². The lowest BCUT2D eigenvalue weighted by Crippen LogP contribution is -2.53. The quantitative estimate of drug-likeness (QED) is 0.534.